The van der Waals surface area contributed by atoms with E-state index >= 15 is 0 Å². The largest absolute Gasteiger partial charge is 0.466 e. The summed E-state index contributed by atoms with van der Waals surface area (Å²) in [6, 6.07) is 47.1. The molecule has 0 saturated heterocycles. The van der Waals surface area contributed by atoms with E-state index in [0.29, 0.717) is 5.95 Å². The van der Waals surface area contributed by atoms with E-state index in [4.69, 9.17) is 18.3 Å². The van der Waals surface area contributed by atoms with E-state index in [-0.39, 0.29) is 13.4 Å². The van der Waals surface area contributed by atoms with Gasteiger partial charge in [0, 0.05) is 43.8 Å². The Morgan fingerprint density at radius 3 is 1.95 bits per heavy atom. The van der Waals surface area contributed by atoms with Crippen molar-refractivity contribution in [1.29, 1.82) is 0 Å². The minimum Gasteiger partial charge on any atom is -0.466 e. The lowest BCUT2D eigenvalue weighted by Crippen LogP contribution is -2.58. The fraction of sp³-hybridized carbons (Fsp3) is 0. The molecule has 0 spiro atoms. The lowest BCUT2D eigenvalue weighted by atomic mass is 9.35. The number of anilines is 6. The zero-order valence-electron chi connectivity index (χ0n) is 29.4. The van der Waals surface area contributed by atoms with Crippen LogP contribution in [0.15, 0.2) is 153 Å². The van der Waals surface area contributed by atoms with Gasteiger partial charge in [0.25, 0.3) is 12.7 Å². The number of fused-ring (bicyclic) bond motifs is 13. The number of rotatable bonds is 2. The Kier molecular flexibility index (Phi) is 5.61. The zero-order valence-corrected chi connectivity index (χ0v) is 31.0. The summed E-state index contributed by atoms with van der Waals surface area (Å²) in [6.07, 6.45) is 0. The summed E-state index contributed by atoms with van der Waals surface area (Å²) in [5.74, 6) is 3.03. The molecule has 4 aliphatic rings. The molecule has 0 amide bonds. The second-order valence-corrected chi connectivity index (χ2v) is 16.6. The van der Waals surface area contributed by atoms with Crippen LogP contribution in [0.2, 0.25) is 0 Å². The van der Waals surface area contributed by atoms with Crippen molar-refractivity contribution in [1.82, 2.24) is 0 Å². The van der Waals surface area contributed by atoms with Crippen molar-refractivity contribution >= 4 is 135 Å². The highest BCUT2D eigenvalue weighted by Gasteiger charge is 2.47. The van der Waals surface area contributed by atoms with Crippen molar-refractivity contribution in [2.45, 2.75) is 0 Å². The Morgan fingerprint density at radius 1 is 0.500 bits per heavy atom. The maximum Gasteiger partial charge on any atom is 0.313 e. The Labute approximate surface area is 328 Å². The molecule has 10 heteroatoms. The molecule has 6 nitrogen and oxygen atoms in total. The smallest absolute Gasteiger partial charge is 0.313 e. The van der Waals surface area contributed by atoms with Crippen LogP contribution < -0.4 is 51.6 Å². The Hall–Kier alpha value is -6.61. The van der Waals surface area contributed by atoms with Crippen molar-refractivity contribution in [3.63, 3.8) is 0 Å². The summed E-state index contributed by atoms with van der Waals surface area (Å²) in [5.41, 5.74) is 12.7. The lowest BCUT2D eigenvalue weighted by molar-refractivity contribution is 0.364. The van der Waals surface area contributed by atoms with Crippen molar-refractivity contribution in [3.05, 3.63) is 144 Å². The van der Waals surface area contributed by atoms with Gasteiger partial charge >= 0.3 is 6.71 Å². The van der Waals surface area contributed by atoms with E-state index in [2.05, 4.69) is 154 Å². The van der Waals surface area contributed by atoms with Gasteiger partial charge in [-0.05, 0) is 111 Å². The van der Waals surface area contributed by atoms with Crippen LogP contribution in [0.4, 0.5) is 33.4 Å². The highest BCUT2D eigenvalue weighted by atomic mass is 32.1. The van der Waals surface area contributed by atoms with Crippen LogP contribution in [-0.2, 0) is 0 Å². The van der Waals surface area contributed by atoms with Gasteiger partial charge in [-0.25, -0.2) is 0 Å². The van der Waals surface area contributed by atoms with E-state index in [0.717, 1.165) is 94.8 Å². The number of thiophene rings is 2. The predicted molar refractivity (Wildman–Crippen MR) is 231 cm³/mol. The molecule has 4 aromatic heterocycles. The maximum absolute atomic E-state index is 6.94. The summed E-state index contributed by atoms with van der Waals surface area (Å²) < 4.78 is 28.3. The maximum atomic E-state index is 6.94. The first-order valence-electron chi connectivity index (χ1n) is 18.7. The van der Waals surface area contributed by atoms with Crippen molar-refractivity contribution in [3.8, 4) is 23.2 Å². The molecule has 0 N–H and O–H groups in total. The van der Waals surface area contributed by atoms with Crippen LogP contribution in [0, 0.1) is 0 Å². The van der Waals surface area contributed by atoms with Crippen LogP contribution in [0.25, 0.3) is 32.7 Å². The summed E-state index contributed by atoms with van der Waals surface area (Å²) in [6.45, 7) is -0.112. The van der Waals surface area contributed by atoms with Crippen LogP contribution in [0.5, 0.6) is 23.2 Å². The van der Waals surface area contributed by atoms with Gasteiger partial charge in [-0.3, -0.25) is 0 Å². The molecule has 0 atom stereocenters. The summed E-state index contributed by atoms with van der Waals surface area (Å²) >= 11 is 3.54. The normalized spacial score (nSPS) is 14.2. The fourth-order valence-electron chi connectivity index (χ4n) is 9.69. The van der Waals surface area contributed by atoms with E-state index < -0.39 is 0 Å². The van der Waals surface area contributed by atoms with Gasteiger partial charge in [0.15, 0.2) is 5.75 Å². The average molecular weight is 754 g/mol. The third-order valence-corrected chi connectivity index (χ3v) is 13.8. The minimum atomic E-state index is -0.0771. The SMILES string of the molecule is c1ccc(N2c3ccsc3B3c4oc5cc6cc7c8c(oc7cc6cc5c4Oc4cccc2c43)Oc2cccc3c2B8c2ccsc2N3c2ccccc2)cc1. The van der Waals surface area contributed by atoms with Gasteiger partial charge in [-0.15, -0.1) is 11.3 Å². The molecule has 0 saturated carbocycles. The second-order valence-electron chi connectivity index (χ2n) is 14.8. The molecule has 14 rings (SSSR count). The third-order valence-electron chi connectivity index (χ3n) is 11.9. The first kappa shape index (κ1) is 29.7. The van der Waals surface area contributed by atoms with Crippen LogP contribution in [0.3, 0.4) is 0 Å². The Balaban J connectivity index is 0.945. The number of ether oxygens (including phenoxy) is 2. The number of para-hydroxylation sites is 2. The van der Waals surface area contributed by atoms with Gasteiger partial charge in [0.2, 0.25) is 0 Å². The summed E-state index contributed by atoms with van der Waals surface area (Å²) in [4.78, 5) is 4.71. The molecule has 260 valence electrons. The first-order valence-corrected chi connectivity index (χ1v) is 20.5. The van der Waals surface area contributed by atoms with Gasteiger partial charge in [-0.1, -0.05) is 54.6 Å². The third kappa shape index (κ3) is 3.73. The zero-order chi connectivity index (χ0) is 36.2. The van der Waals surface area contributed by atoms with Crippen LogP contribution in [0.1, 0.15) is 0 Å². The molecular formula is C46H24B2N2O4S2. The van der Waals surface area contributed by atoms with Crippen molar-refractivity contribution in [2.75, 3.05) is 9.80 Å². The quantitative estimate of drug-likeness (QED) is 0.164. The monoisotopic (exact) mass is 754 g/mol. The predicted octanol–water partition coefficient (Wildman–Crippen LogP) is 9.27. The van der Waals surface area contributed by atoms with Gasteiger partial charge in [0.05, 0.1) is 16.1 Å². The van der Waals surface area contributed by atoms with Crippen LogP contribution in [-0.4, -0.2) is 13.4 Å². The van der Waals surface area contributed by atoms with E-state index in [9.17, 15) is 0 Å². The molecule has 0 fully saturated rings. The Morgan fingerprint density at radius 2 is 1.16 bits per heavy atom. The molecule has 0 aliphatic carbocycles. The topological polar surface area (TPSA) is 51.2 Å². The molecule has 0 radical (unpaired) electrons. The summed E-state index contributed by atoms with van der Waals surface area (Å²) in [5, 5.41) is 9.71. The van der Waals surface area contributed by atoms with Crippen LogP contribution >= 0.6 is 22.7 Å². The fourth-order valence-corrected chi connectivity index (χ4v) is 11.6. The number of hydrogen-bond acceptors (Lipinski definition) is 8. The molecule has 0 unspecified atom stereocenters. The number of furan rings is 2. The molecular weight excluding hydrogens is 730 g/mol. The van der Waals surface area contributed by atoms with Crippen molar-refractivity contribution < 1.29 is 18.3 Å². The second kappa shape index (κ2) is 10.6. The molecule has 6 aromatic carbocycles. The first-order chi connectivity index (χ1) is 27.8. The molecule has 0 bridgehead atoms. The molecule has 4 aliphatic heterocycles. The standard InChI is InChI=1S/C46H24B2N2O4S2/c1-3-9-27(10-4-1)49-32-13-7-15-35-41(32)48(44-34(49)18-20-55-44)43-42(51-35)30-22-26-23-37-29(21-25(26)24-38(30)52-43)39-46(54-37)53-36-16-8-14-33-40(36)47(39)31-17-19-56-45(31)50(33)28-11-5-2-6-12-28/h1-24H. The number of hydrogen-bond donors (Lipinski definition) is 0. The molecule has 10 aromatic rings. The highest BCUT2D eigenvalue weighted by molar-refractivity contribution is 7.27. The number of benzene rings is 6. The van der Waals surface area contributed by atoms with E-state index in [1.54, 1.807) is 22.7 Å². The molecule has 56 heavy (non-hydrogen) atoms. The lowest BCUT2D eigenvalue weighted by Gasteiger charge is -2.36. The summed E-state index contributed by atoms with van der Waals surface area (Å²) in [7, 11) is 0. The van der Waals surface area contributed by atoms with Gasteiger partial charge < -0.3 is 28.1 Å². The van der Waals surface area contributed by atoms with E-state index in [1.807, 2.05) is 0 Å². The highest BCUT2D eigenvalue weighted by Crippen LogP contribution is 2.46. The van der Waals surface area contributed by atoms with E-state index in [1.165, 1.54) is 20.9 Å². The molecule has 8 heterocycles. The van der Waals surface area contributed by atoms with Gasteiger partial charge in [-0.2, -0.15) is 11.3 Å². The van der Waals surface area contributed by atoms with Crippen molar-refractivity contribution in [2.24, 2.45) is 0 Å². The minimum absolute atomic E-state index is 0.0348. The number of nitrogens with zero attached hydrogens (tertiary/aromatic N) is 2. The average Bonchev–Trinajstić information content (AvgIpc) is 4.05. The van der Waals surface area contributed by atoms with Gasteiger partial charge in [0.1, 0.15) is 28.3 Å². The Bertz CT molecular complexity index is 3310.